The summed E-state index contributed by atoms with van der Waals surface area (Å²) in [4.78, 5) is 24.0. The van der Waals surface area contributed by atoms with E-state index in [-0.39, 0.29) is 5.69 Å². The molecule has 0 aliphatic rings. The summed E-state index contributed by atoms with van der Waals surface area (Å²) in [6.45, 7) is 9.46. The van der Waals surface area contributed by atoms with Crippen LogP contribution in [0.25, 0.3) is 0 Å². The smallest absolute Gasteiger partial charge is 0.328 e. The predicted molar refractivity (Wildman–Crippen MR) is 101 cm³/mol. The first-order valence-electron chi connectivity index (χ1n) is 8.81. The topological polar surface area (TPSA) is 120 Å². The average molecular weight is 385 g/mol. The number of amides is 1. The van der Waals surface area contributed by atoms with Crippen molar-refractivity contribution in [2.45, 2.75) is 47.3 Å². The summed E-state index contributed by atoms with van der Waals surface area (Å²) in [5.41, 5.74) is 4.12. The molecule has 28 heavy (non-hydrogen) atoms. The minimum atomic E-state index is -1.07. The Morgan fingerprint density at radius 1 is 1.18 bits per heavy atom. The molecule has 0 radical (unpaired) electrons. The van der Waals surface area contributed by atoms with Crippen LogP contribution in [0.15, 0.2) is 18.3 Å². The molecule has 3 heterocycles. The highest BCUT2D eigenvalue weighted by Gasteiger charge is 2.23. The predicted octanol–water partition coefficient (Wildman–Crippen LogP) is 1.91. The van der Waals surface area contributed by atoms with Gasteiger partial charge in [-0.2, -0.15) is 15.3 Å². The van der Waals surface area contributed by atoms with Crippen molar-refractivity contribution >= 4 is 17.6 Å². The lowest BCUT2D eigenvalue weighted by atomic mass is 10.2. The fraction of sp³-hybridized carbons (Fsp3) is 0.389. The maximum Gasteiger partial charge on any atom is 0.328 e. The number of aliphatic carboxylic acids is 1. The van der Waals surface area contributed by atoms with Gasteiger partial charge >= 0.3 is 5.97 Å². The van der Waals surface area contributed by atoms with Gasteiger partial charge in [0, 0.05) is 11.9 Å². The molecule has 0 aliphatic carbocycles. The zero-order chi connectivity index (χ0) is 20.6. The van der Waals surface area contributed by atoms with E-state index in [9.17, 15) is 14.7 Å². The molecule has 0 bridgehead atoms. The molecule has 2 N–H and O–H groups in total. The van der Waals surface area contributed by atoms with Crippen LogP contribution in [0, 0.1) is 27.7 Å². The molecule has 1 amide bonds. The van der Waals surface area contributed by atoms with Crippen LogP contribution in [-0.4, -0.2) is 46.3 Å². The number of carboxylic acid groups (broad SMARTS) is 1. The molecule has 10 nitrogen and oxygen atoms in total. The Morgan fingerprint density at radius 3 is 2.50 bits per heavy atom. The zero-order valence-electron chi connectivity index (χ0n) is 16.5. The van der Waals surface area contributed by atoms with E-state index in [4.69, 9.17) is 0 Å². The second-order valence-corrected chi connectivity index (χ2v) is 6.74. The highest BCUT2D eigenvalue weighted by molar-refractivity contribution is 6.04. The monoisotopic (exact) mass is 385 g/mol. The van der Waals surface area contributed by atoms with Gasteiger partial charge in [0.2, 0.25) is 0 Å². The number of hydrogen-bond acceptors (Lipinski definition) is 5. The summed E-state index contributed by atoms with van der Waals surface area (Å²) in [6.07, 6.45) is 1.40. The van der Waals surface area contributed by atoms with Crippen LogP contribution in [-0.2, 0) is 11.5 Å². The molecule has 0 aromatic carbocycles. The van der Waals surface area contributed by atoms with Crippen LogP contribution in [0.3, 0.4) is 0 Å². The minimum Gasteiger partial charge on any atom is -0.480 e. The molecule has 3 aromatic rings. The van der Waals surface area contributed by atoms with Gasteiger partial charge < -0.3 is 10.4 Å². The van der Waals surface area contributed by atoms with Gasteiger partial charge in [0.15, 0.2) is 0 Å². The largest absolute Gasteiger partial charge is 0.480 e. The second kappa shape index (κ2) is 7.29. The highest BCUT2D eigenvalue weighted by Crippen LogP contribution is 2.21. The van der Waals surface area contributed by atoms with Gasteiger partial charge in [-0.15, -0.1) is 0 Å². The maximum atomic E-state index is 12.7. The van der Waals surface area contributed by atoms with Crippen molar-refractivity contribution < 1.29 is 14.7 Å². The van der Waals surface area contributed by atoms with Crippen LogP contribution in [0.4, 0.5) is 5.69 Å². The van der Waals surface area contributed by atoms with Gasteiger partial charge in [-0.05, 0) is 46.8 Å². The number of nitrogens with one attached hydrogen (secondary N) is 1. The average Bonchev–Trinajstić information content (AvgIpc) is 3.29. The molecule has 0 aliphatic heterocycles. The highest BCUT2D eigenvalue weighted by atomic mass is 16.4. The molecule has 0 spiro atoms. The van der Waals surface area contributed by atoms with E-state index in [1.807, 2.05) is 31.5 Å². The van der Waals surface area contributed by atoms with E-state index < -0.39 is 17.9 Å². The number of carbonyl (C=O) groups is 2. The zero-order valence-corrected chi connectivity index (χ0v) is 16.5. The van der Waals surface area contributed by atoms with E-state index in [1.165, 1.54) is 23.9 Å². The molecule has 0 saturated heterocycles. The second-order valence-electron chi connectivity index (χ2n) is 6.74. The van der Waals surface area contributed by atoms with Gasteiger partial charge in [-0.3, -0.25) is 4.79 Å². The standard InChI is InChI=1S/C18H23N7O3/c1-10-8-11(2)23(21-10)9-24-13(4)16(12(3)22-24)20-17(26)15-6-7-19-25(15)14(5)18(27)28/h6-8,14H,9H2,1-5H3,(H,20,26)(H,27,28). The summed E-state index contributed by atoms with van der Waals surface area (Å²) in [7, 11) is 0. The van der Waals surface area contributed by atoms with Crippen molar-refractivity contribution in [2.24, 2.45) is 0 Å². The Hall–Kier alpha value is -3.43. The lowest BCUT2D eigenvalue weighted by Gasteiger charge is -2.12. The number of aryl methyl sites for hydroxylation is 3. The minimum absolute atomic E-state index is 0.167. The molecular weight excluding hydrogens is 362 g/mol. The first-order valence-corrected chi connectivity index (χ1v) is 8.81. The number of rotatable bonds is 6. The number of anilines is 1. The first-order chi connectivity index (χ1) is 13.2. The maximum absolute atomic E-state index is 12.7. The normalized spacial score (nSPS) is 12.2. The van der Waals surface area contributed by atoms with Crippen molar-refractivity contribution in [1.29, 1.82) is 0 Å². The van der Waals surface area contributed by atoms with Crippen LogP contribution >= 0.6 is 0 Å². The third-order valence-corrected chi connectivity index (χ3v) is 4.62. The van der Waals surface area contributed by atoms with E-state index in [2.05, 4.69) is 20.6 Å². The van der Waals surface area contributed by atoms with Gasteiger partial charge in [-0.25, -0.2) is 18.8 Å². The SMILES string of the molecule is Cc1cc(C)n(Cn2nc(C)c(NC(=O)c3ccnn3C(C)C(=O)O)c2C)n1. The van der Waals surface area contributed by atoms with Crippen LogP contribution in [0.1, 0.15) is 46.2 Å². The molecule has 10 heteroatoms. The summed E-state index contributed by atoms with van der Waals surface area (Å²) in [5.74, 6) is -1.51. The summed E-state index contributed by atoms with van der Waals surface area (Å²) in [5, 5.41) is 24.9. The summed E-state index contributed by atoms with van der Waals surface area (Å²) in [6, 6.07) is 2.52. The molecule has 1 atom stereocenters. The Morgan fingerprint density at radius 2 is 1.89 bits per heavy atom. The van der Waals surface area contributed by atoms with Gasteiger partial charge in [0.25, 0.3) is 5.91 Å². The lowest BCUT2D eigenvalue weighted by Crippen LogP contribution is -2.24. The fourth-order valence-electron chi connectivity index (χ4n) is 3.05. The van der Waals surface area contributed by atoms with Crippen molar-refractivity contribution in [3.05, 3.63) is 46.8 Å². The number of hydrogen-bond donors (Lipinski definition) is 2. The van der Waals surface area contributed by atoms with Crippen molar-refractivity contribution in [3.8, 4) is 0 Å². The van der Waals surface area contributed by atoms with Crippen LogP contribution in [0.5, 0.6) is 0 Å². The molecule has 0 fully saturated rings. The number of carbonyl (C=O) groups excluding carboxylic acids is 1. The Labute approximate surface area is 161 Å². The Kier molecular flexibility index (Phi) is 5.04. The molecule has 3 rings (SSSR count). The fourth-order valence-corrected chi connectivity index (χ4v) is 3.05. The molecule has 0 saturated carbocycles. The third kappa shape index (κ3) is 3.53. The number of aromatic nitrogens is 6. The van der Waals surface area contributed by atoms with Gasteiger partial charge in [-0.1, -0.05) is 0 Å². The van der Waals surface area contributed by atoms with E-state index in [1.54, 1.807) is 11.6 Å². The Bertz CT molecular complexity index is 1040. The number of carboxylic acids is 1. The van der Waals surface area contributed by atoms with Crippen molar-refractivity contribution in [3.63, 3.8) is 0 Å². The van der Waals surface area contributed by atoms with Crippen molar-refractivity contribution in [2.75, 3.05) is 5.32 Å². The van der Waals surface area contributed by atoms with E-state index in [0.29, 0.717) is 18.1 Å². The Balaban J connectivity index is 1.85. The summed E-state index contributed by atoms with van der Waals surface area (Å²) < 4.78 is 4.79. The summed E-state index contributed by atoms with van der Waals surface area (Å²) >= 11 is 0. The molecule has 148 valence electrons. The lowest BCUT2D eigenvalue weighted by molar-refractivity contribution is -0.140. The molecule has 3 aromatic heterocycles. The van der Waals surface area contributed by atoms with Crippen LogP contribution in [0.2, 0.25) is 0 Å². The molecule has 1 unspecified atom stereocenters. The first kappa shape index (κ1) is 19.3. The van der Waals surface area contributed by atoms with Crippen molar-refractivity contribution in [1.82, 2.24) is 29.3 Å². The van der Waals surface area contributed by atoms with E-state index in [0.717, 1.165) is 17.1 Å². The molecular formula is C18H23N7O3. The number of nitrogens with zero attached hydrogens (tertiary/aromatic N) is 6. The van der Waals surface area contributed by atoms with Crippen LogP contribution < -0.4 is 5.32 Å². The van der Waals surface area contributed by atoms with Gasteiger partial charge in [0.05, 0.1) is 22.8 Å². The van der Waals surface area contributed by atoms with E-state index >= 15 is 0 Å². The third-order valence-electron chi connectivity index (χ3n) is 4.62. The van der Waals surface area contributed by atoms with Gasteiger partial charge in [0.1, 0.15) is 18.4 Å². The quantitative estimate of drug-likeness (QED) is 0.669.